The molecule has 2 heteroatoms. The zero-order valence-corrected chi connectivity index (χ0v) is 11.3. The van der Waals surface area contributed by atoms with E-state index in [-0.39, 0.29) is 16.9 Å². The molecule has 2 aliphatic carbocycles. The predicted molar refractivity (Wildman–Crippen MR) is 67.3 cm³/mol. The molecule has 2 aliphatic rings. The molecule has 2 bridgehead atoms. The van der Waals surface area contributed by atoms with Crippen LogP contribution in [0.4, 0.5) is 0 Å². The Kier molecular flexibility index (Phi) is 3.09. The van der Waals surface area contributed by atoms with E-state index in [0.29, 0.717) is 0 Å². The molecule has 0 amide bonds. The quantitative estimate of drug-likeness (QED) is 0.794. The van der Waals surface area contributed by atoms with Crippen LogP contribution in [0.3, 0.4) is 0 Å². The Bertz CT molecular complexity index is 259. The normalized spacial score (nSPS) is 40.9. The first-order valence-corrected chi connectivity index (χ1v) is 6.86. The molecule has 0 unspecified atom stereocenters. The van der Waals surface area contributed by atoms with Gasteiger partial charge in [-0.2, -0.15) is 0 Å². The highest BCUT2D eigenvalue weighted by atomic mass is 16.3. The molecule has 3 atom stereocenters. The van der Waals surface area contributed by atoms with Crippen LogP contribution in [0.25, 0.3) is 0 Å². The smallest absolute Gasteiger partial charge is 0.0662 e. The largest absolute Gasteiger partial charge is 0.392 e. The van der Waals surface area contributed by atoms with Crippen molar-refractivity contribution in [2.75, 3.05) is 19.6 Å². The zero-order valence-electron chi connectivity index (χ0n) is 11.3. The minimum absolute atomic E-state index is 0.0978. The van der Waals surface area contributed by atoms with Crippen molar-refractivity contribution in [3.63, 3.8) is 0 Å². The molecule has 2 saturated carbocycles. The van der Waals surface area contributed by atoms with Crippen LogP contribution in [-0.4, -0.2) is 35.7 Å². The first-order chi connectivity index (χ1) is 7.46. The summed E-state index contributed by atoms with van der Waals surface area (Å²) in [4.78, 5) is 2.48. The molecule has 0 aliphatic heterocycles. The van der Waals surface area contributed by atoms with Gasteiger partial charge in [0.15, 0.2) is 0 Å². The van der Waals surface area contributed by atoms with Gasteiger partial charge in [-0.25, -0.2) is 0 Å². The van der Waals surface area contributed by atoms with Crippen molar-refractivity contribution in [1.82, 2.24) is 4.90 Å². The molecule has 0 aromatic rings. The molecule has 0 spiro atoms. The van der Waals surface area contributed by atoms with Gasteiger partial charge in [0.05, 0.1) is 6.10 Å². The van der Waals surface area contributed by atoms with Gasteiger partial charge in [-0.05, 0) is 43.7 Å². The third kappa shape index (κ3) is 1.62. The van der Waals surface area contributed by atoms with Gasteiger partial charge >= 0.3 is 0 Å². The summed E-state index contributed by atoms with van der Waals surface area (Å²) in [6.07, 6.45) is 3.71. The van der Waals surface area contributed by atoms with Gasteiger partial charge in [0.2, 0.25) is 0 Å². The maximum absolute atomic E-state index is 10.6. The Labute approximate surface area is 100 Å². The molecule has 2 rings (SSSR count). The van der Waals surface area contributed by atoms with E-state index in [9.17, 15) is 5.11 Å². The maximum atomic E-state index is 10.6. The summed E-state index contributed by atoms with van der Waals surface area (Å²) in [5.41, 5.74) is 0.353. The SMILES string of the molecule is CCN(CC)C[C@]12CC[C@H](C1)C(C)(C)[C@H]2O. The number of nitrogens with zero attached hydrogens (tertiary/aromatic N) is 1. The van der Waals surface area contributed by atoms with E-state index in [1.165, 1.54) is 19.3 Å². The topological polar surface area (TPSA) is 23.5 Å². The van der Waals surface area contributed by atoms with Crippen molar-refractivity contribution in [3.8, 4) is 0 Å². The summed E-state index contributed by atoms with van der Waals surface area (Å²) in [7, 11) is 0. The van der Waals surface area contributed by atoms with Crippen LogP contribution in [0.1, 0.15) is 47.0 Å². The Morgan fingerprint density at radius 1 is 1.25 bits per heavy atom. The van der Waals surface area contributed by atoms with E-state index in [1.54, 1.807) is 0 Å². The fraction of sp³-hybridized carbons (Fsp3) is 1.00. The fourth-order valence-corrected chi connectivity index (χ4v) is 4.17. The lowest BCUT2D eigenvalue weighted by Crippen LogP contribution is -2.47. The molecular formula is C14H27NO. The van der Waals surface area contributed by atoms with E-state index in [0.717, 1.165) is 25.6 Å². The van der Waals surface area contributed by atoms with Crippen molar-refractivity contribution >= 4 is 0 Å². The highest BCUT2D eigenvalue weighted by Gasteiger charge is 2.61. The Morgan fingerprint density at radius 3 is 2.31 bits per heavy atom. The fourth-order valence-electron chi connectivity index (χ4n) is 4.17. The van der Waals surface area contributed by atoms with Crippen LogP contribution in [0.15, 0.2) is 0 Å². The average Bonchev–Trinajstić information content (AvgIpc) is 2.76. The zero-order chi connectivity index (χ0) is 12.0. The van der Waals surface area contributed by atoms with Crippen molar-refractivity contribution in [1.29, 1.82) is 0 Å². The van der Waals surface area contributed by atoms with E-state index in [4.69, 9.17) is 0 Å². The molecule has 0 aromatic heterocycles. The van der Waals surface area contributed by atoms with Gasteiger partial charge < -0.3 is 10.0 Å². The number of aliphatic hydroxyl groups excluding tert-OH is 1. The van der Waals surface area contributed by atoms with Crippen LogP contribution in [0.2, 0.25) is 0 Å². The number of hydrogen-bond donors (Lipinski definition) is 1. The lowest BCUT2D eigenvalue weighted by atomic mass is 9.69. The Balaban J connectivity index is 2.14. The summed E-state index contributed by atoms with van der Waals surface area (Å²) < 4.78 is 0. The molecule has 0 saturated heterocycles. The van der Waals surface area contributed by atoms with E-state index in [1.807, 2.05) is 0 Å². The highest BCUT2D eigenvalue weighted by Crippen LogP contribution is 2.62. The van der Waals surface area contributed by atoms with Crippen molar-refractivity contribution in [3.05, 3.63) is 0 Å². The number of aliphatic hydroxyl groups is 1. The summed E-state index contributed by atoms with van der Waals surface area (Å²) in [5.74, 6) is 0.748. The van der Waals surface area contributed by atoms with Gasteiger partial charge in [0.1, 0.15) is 0 Å². The Morgan fingerprint density at radius 2 is 1.88 bits per heavy atom. The predicted octanol–water partition coefficient (Wildman–Crippen LogP) is 2.52. The van der Waals surface area contributed by atoms with Crippen LogP contribution in [0, 0.1) is 16.7 Å². The average molecular weight is 225 g/mol. The molecule has 0 radical (unpaired) electrons. The molecule has 2 fully saturated rings. The molecule has 0 aromatic carbocycles. The van der Waals surface area contributed by atoms with Gasteiger partial charge in [-0.3, -0.25) is 0 Å². The minimum Gasteiger partial charge on any atom is -0.392 e. The number of fused-ring (bicyclic) bond motifs is 2. The first-order valence-electron chi connectivity index (χ1n) is 6.86. The van der Waals surface area contributed by atoms with Crippen LogP contribution in [0.5, 0.6) is 0 Å². The molecular weight excluding hydrogens is 198 g/mol. The standard InChI is InChI=1S/C14H27NO/c1-5-15(6-2)10-14-8-7-11(9-14)13(3,4)12(14)16/h11-12,16H,5-10H2,1-4H3/t11-,12-,14+/m1/s1. The first kappa shape index (κ1) is 12.4. The van der Waals surface area contributed by atoms with E-state index >= 15 is 0 Å². The maximum Gasteiger partial charge on any atom is 0.0662 e. The molecule has 2 nitrogen and oxygen atoms in total. The monoisotopic (exact) mass is 225 g/mol. The van der Waals surface area contributed by atoms with Crippen LogP contribution in [-0.2, 0) is 0 Å². The second-order valence-corrected chi connectivity index (χ2v) is 6.49. The second-order valence-electron chi connectivity index (χ2n) is 6.49. The van der Waals surface area contributed by atoms with Crippen LogP contribution >= 0.6 is 0 Å². The third-order valence-corrected chi connectivity index (χ3v) is 5.41. The van der Waals surface area contributed by atoms with Crippen molar-refractivity contribution < 1.29 is 5.11 Å². The molecule has 16 heavy (non-hydrogen) atoms. The van der Waals surface area contributed by atoms with E-state index < -0.39 is 0 Å². The van der Waals surface area contributed by atoms with Gasteiger partial charge in [-0.15, -0.1) is 0 Å². The third-order valence-electron chi connectivity index (χ3n) is 5.41. The van der Waals surface area contributed by atoms with E-state index in [2.05, 4.69) is 32.6 Å². The lowest BCUT2D eigenvalue weighted by Gasteiger charge is -2.42. The number of rotatable bonds is 4. The Hall–Kier alpha value is -0.0800. The summed E-state index contributed by atoms with van der Waals surface area (Å²) >= 11 is 0. The minimum atomic E-state index is -0.0978. The van der Waals surface area contributed by atoms with Crippen LogP contribution < -0.4 is 0 Å². The summed E-state index contributed by atoms with van der Waals surface area (Å²) in [6, 6.07) is 0. The van der Waals surface area contributed by atoms with Gasteiger partial charge in [-0.1, -0.05) is 27.7 Å². The molecule has 94 valence electrons. The van der Waals surface area contributed by atoms with Gasteiger partial charge in [0, 0.05) is 12.0 Å². The summed E-state index contributed by atoms with van der Waals surface area (Å²) in [6.45, 7) is 12.3. The lowest BCUT2D eigenvalue weighted by molar-refractivity contribution is -0.0540. The summed E-state index contributed by atoms with van der Waals surface area (Å²) in [5, 5.41) is 10.6. The molecule has 0 heterocycles. The highest BCUT2D eigenvalue weighted by molar-refractivity contribution is 5.11. The van der Waals surface area contributed by atoms with Gasteiger partial charge in [0.25, 0.3) is 0 Å². The van der Waals surface area contributed by atoms with Crippen molar-refractivity contribution in [2.45, 2.75) is 53.1 Å². The second kappa shape index (κ2) is 3.99. The molecule has 1 N–H and O–H groups in total. The number of hydrogen-bond acceptors (Lipinski definition) is 2. The van der Waals surface area contributed by atoms with Crippen molar-refractivity contribution in [2.24, 2.45) is 16.7 Å².